The van der Waals surface area contributed by atoms with Crippen LogP contribution in [0, 0.1) is 13.8 Å². The minimum atomic E-state index is -1.02. The van der Waals surface area contributed by atoms with Crippen LogP contribution >= 0.6 is 0 Å². The van der Waals surface area contributed by atoms with Crippen molar-refractivity contribution < 1.29 is 19.1 Å². The van der Waals surface area contributed by atoms with E-state index in [0.29, 0.717) is 5.69 Å². The summed E-state index contributed by atoms with van der Waals surface area (Å²) in [5.41, 5.74) is 2.98. The molecule has 5 heteroatoms. The lowest BCUT2D eigenvalue weighted by Gasteiger charge is -2.07. The predicted octanol–water partition coefficient (Wildman–Crippen LogP) is 3.25. The van der Waals surface area contributed by atoms with Crippen molar-refractivity contribution in [2.24, 2.45) is 0 Å². The molecule has 1 aromatic heterocycles. The number of amides is 1. The molecule has 2 N–H and O–H groups in total. The molecule has 1 heterocycles. The quantitative estimate of drug-likeness (QED) is 0.845. The molecule has 2 aromatic rings. The van der Waals surface area contributed by atoms with Crippen LogP contribution in [0.4, 0.5) is 5.69 Å². The number of carboxylic acid groups (broad SMARTS) is 1. The van der Waals surface area contributed by atoms with E-state index >= 15 is 0 Å². The van der Waals surface area contributed by atoms with Crippen LogP contribution in [0.1, 0.15) is 27.2 Å². The number of aryl methyl sites for hydroxylation is 2. The number of nitrogens with one attached hydrogen (secondary N) is 1. The minimum absolute atomic E-state index is 0.262. The van der Waals surface area contributed by atoms with Gasteiger partial charge in [-0.2, -0.15) is 0 Å². The molecule has 0 aliphatic heterocycles. The lowest BCUT2D eigenvalue weighted by Crippen LogP contribution is -2.12. The minimum Gasteiger partial charge on any atom is -0.478 e. The molecule has 0 unspecified atom stereocenters. The van der Waals surface area contributed by atoms with Gasteiger partial charge in [0.05, 0.1) is 6.26 Å². The number of carboxylic acids is 1. The van der Waals surface area contributed by atoms with Crippen LogP contribution in [0.2, 0.25) is 0 Å². The second kappa shape index (κ2) is 6.09. The Bertz CT molecular complexity index is 713. The van der Waals surface area contributed by atoms with Crippen LogP contribution in [0.5, 0.6) is 0 Å². The number of benzene rings is 1. The van der Waals surface area contributed by atoms with Crippen LogP contribution in [0.3, 0.4) is 0 Å². The van der Waals surface area contributed by atoms with Crippen LogP contribution in [0.25, 0.3) is 6.08 Å². The number of carbonyl (C=O) groups excluding carboxylic acids is 1. The first kappa shape index (κ1) is 14.6. The molecule has 0 spiro atoms. The first-order valence-electron chi connectivity index (χ1n) is 6.34. The second-order valence-electron chi connectivity index (χ2n) is 4.63. The summed E-state index contributed by atoms with van der Waals surface area (Å²) in [7, 11) is 0. The molecule has 0 saturated carbocycles. The highest BCUT2D eigenvalue weighted by molar-refractivity contribution is 6.03. The summed E-state index contributed by atoms with van der Waals surface area (Å²) >= 11 is 0. The Kier molecular flexibility index (Phi) is 4.23. The SMILES string of the molecule is Cc1ccc(NC(=O)c2occc2C)cc1C=CC(=O)O. The number of carbonyl (C=O) groups is 2. The van der Waals surface area contributed by atoms with Crippen molar-refractivity contribution in [1.29, 1.82) is 0 Å². The van der Waals surface area contributed by atoms with Gasteiger partial charge in [0.2, 0.25) is 0 Å². The lowest BCUT2D eigenvalue weighted by molar-refractivity contribution is -0.131. The zero-order chi connectivity index (χ0) is 15.4. The summed E-state index contributed by atoms with van der Waals surface area (Å²) in [6.07, 6.45) is 4.01. The summed E-state index contributed by atoms with van der Waals surface area (Å²) < 4.78 is 5.13. The Morgan fingerprint density at radius 2 is 1.95 bits per heavy atom. The van der Waals surface area contributed by atoms with Gasteiger partial charge in [-0.3, -0.25) is 4.79 Å². The zero-order valence-electron chi connectivity index (χ0n) is 11.7. The molecular formula is C16H15NO4. The standard InChI is InChI=1S/C16H15NO4/c1-10-3-5-13(9-12(10)4-6-14(18)19)17-16(20)15-11(2)7-8-21-15/h3-9H,1-2H3,(H,17,20)(H,18,19). The highest BCUT2D eigenvalue weighted by Crippen LogP contribution is 2.18. The molecule has 0 saturated heterocycles. The lowest BCUT2D eigenvalue weighted by atomic mass is 10.1. The van der Waals surface area contributed by atoms with Crippen molar-refractivity contribution in [3.8, 4) is 0 Å². The molecule has 108 valence electrons. The number of hydrogen-bond acceptors (Lipinski definition) is 3. The van der Waals surface area contributed by atoms with Crippen LogP contribution in [-0.4, -0.2) is 17.0 Å². The van der Waals surface area contributed by atoms with Gasteiger partial charge < -0.3 is 14.8 Å². The van der Waals surface area contributed by atoms with E-state index in [2.05, 4.69) is 5.32 Å². The van der Waals surface area contributed by atoms with E-state index in [1.165, 1.54) is 12.3 Å². The predicted molar refractivity (Wildman–Crippen MR) is 79.2 cm³/mol. The van der Waals surface area contributed by atoms with E-state index < -0.39 is 5.97 Å². The van der Waals surface area contributed by atoms with Crippen molar-refractivity contribution in [1.82, 2.24) is 0 Å². The summed E-state index contributed by atoms with van der Waals surface area (Å²) in [5.74, 6) is -1.09. The fraction of sp³-hybridized carbons (Fsp3) is 0.125. The van der Waals surface area contributed by atoms with Gasteiger partial charge in [-0.1, -0.05) is 6.07 Å². The molecule has 1 amide bonds. The highest BCUT2D eigenvalue weighted by atomic mass is 16.4. The average molecular weight is 285 g/mol. The van der Waals surface area contributed by atoms with Gasteiger partial charge in [0.15, 0.2) is 5.76 Å². The number of hydrogen-bond donors (Lipinski definition) is 2. The smallest absolute Gasteiger partial charge is 0.328 e. The third-order valence-electron chi connectivity index (χ3n) is 3.01. The highest BCUT2D eigenvalue weighted by Gasteiger charge is 2.12. The molecule has 1 aromatic carbocycles. The molecular weight excluding hydrogens is 270 g/mol. The van der Waals surface area contributed by atoms with Gasteiger partial charge in [0.1, 0.15) is 0 Å². The van der Waals surface area contributed by atoms with Crippen molar-refractivity contribution >= 4 is 23.6 Å². The van der Waals surface area contributed by atoms with Gasteiger partial charge in [-0.05, 0) is 49.2 Å². The number of furan rings is 1. The first-order chi connectivity index (χ1) is 9.97. The Balaban J connectivity index is 2.21. The molecule has 21 heavy (non-hydrogen) atoms. The maximum Gasteiger partial charge on any atom is 0.328 e. The van der Waals surface area contributed by atoms with Crippen LogP contribution < -0.4 is 5.32 Å². The van der Waals surface area contributed by atoms with Gasteiger partial charge in [0, 0.05) is 17.3 Å². The molecule has 2 rings (SSSR count). The Hall–Kier alpha value is -2.82. The molecule has 0 fully saturated rings. The molecule has 0 atom stereocenters. The maximum atomic E-state index is 12.0. The van der Waals surface area contributed by atoms with Crippen LogP contribution in [0.15, 0.2) is 41.0 Å². The largest absolute Gasteiger partial charge is 0.478 e. The van der Waals surface area contributed by atoms with Gasteiger partial charge in [-0.15, -0.1) is 0 Å². The van der Waals surface area contributed by atoms with Crippen molar-refractivity contribution in [3.63, 3.8) is 0 Å². The summed E-state index contributed by atoms with van der Waals surface area (Å²) in [4.78, 5) is 22.6. The van der Waals surface area contributed by atoms with E-state index in [1.807, 2.05) is 13.0 Å². The van der Waals surface area contributed by atoms with Crippen molar-refractivity contribution in [2.75, 3.05) is 5.32 Å². The second-order valence-corrected chi connectivity index (χ2v) is 4.63. The third-order valence-corrected chi connectivity index (χ3v) is 3.01. The fourth-order valence-corrected chi connectivity index (χ4v) is 1.85. The Morgan fingerprint density at radius 1 is 1.19 bits per heavy atom. The molecule has 0 radical (unpaired) electrons. The number of rotatable bonds is 4. The first-order valence-corrected chi connectivity index (χ1v) is 6.34. The Morgan fingerprint density at radius 3 is 2.57 bits per heavy atom. The van der Waals surface area contributed by atoms with Gasteiger partial charge in [-0.25, -0.2) is 4.79 Å². The van der Waals surface area contributed by atoms with Gasteiger partial charge >= 0.3 is 5.97 Å². The van der Waals surface area contributed by atoms with E-state index in [-0.39, 0.29) is 11.7 Å². The number of anilines is 1. The Labute approximate surface area is 121 Å². The molecule has 0 bridgehead atoms. The van der Waals surface area contributed by atoms with E-state index in [0.717, 1.165) is 22.8 Å². The van der Waals surface area contributed by atoms with Crippen molar-refractivity contribution in [2.45, 2.75) is 13.8 Å². The third kappa shape index (κ3) is 3.60. The topological polar surface area (TPSA) is 79.5 Å². The summed E-state index contributed by atoms with van der Waals surface area (Å²) in [6.45, 7) is 3.65. The zero-order valence-corrected chi connectivity index (χ0v) is 11.7. The normalized spacial score (nSPS) is 10.8. The monoisotopic (exact) mass is 285 g/mol. The van der Waals surface area contributed by atoms with E-state index in [4.69, 9.17) is 9.52 Å². The van der Waals surface area contributed by atoms with E-state index in [1.54, 1.807) is 25.1 Å². The molecule has 0 aliphatic rings. The van der Waals surface area contributed by atoms with Crippen molar-refractivity contribution in [3.05, 3.63) is 59.1 Å². The summed E-state index contributed by atoms with van der Waals surface area (Å²) in [5, 5.41) is 11.4. The molecule has 0 aliphatic carbocycles. The fourth-order valence-electron chi connectivity index (χ4n) is 1.85. The van der Waals surface area contributed by atoms with E-state index in [9.17, 15) is 9.59 Å². The number of aliphatic carboxylic acids is 1. The maximum absolute atomic E-state index is 12.0. The summed E-state index contributed by atoms with van der Waals surface area (Å²) in [6, 6.07) is 6.99. The molecule has 5 nitrogen and oxygen atoms in total. The average Bonchev–Trinajstić information content (AvgIpc) is 2.85. The van der Waals surface area contributed by atoms with Gasteiger partial charge in [0.25, 0.3) is 5.91 Å². The van der Waals surface area contributed by atoms with Crippen LogP contribution in [-0.2, 0) is 4.79 Å².